The van der Waals surface area contributed by atoms with Gasteiger partial charge in [-0.05, 0) is 18.6 Å². The van der Waals surface area contributed by atoms with Crippen LogP contribution in [0.4, 0.5) is 10.5 Å². The van der Waals surface area contributed by atoms with E-state index in [4.69, 9.17) is 16.3 Å². The van der Waals surface area contributed by atoms with Crippen LogP contribution in [0.5, 0.6) is 5.75 Å². The maximum absolute atomic E-state index is 12.3. The molecule has 1 aromatic rings. The number of nitrogens with one attached hydrogen (secondary N) is 1. The molecule has 3 amide bonds. The van der Waals surface area contributed by atoms with Gasteiger partial charge in [0.15, 0.2) is 5.75 Å². The second-order valence-electron chi connectivity index (χ2n) is 5.55. The van der Waals surface area contributed by atoms with Gasteiger partial charge in [-0.1, -0.05) is 11.6 Å². The molecule has 0 aliphatic carbocycles. The fraction of sp³-hybridized carbons (Fsp3) is 0.467. The first kappa shape index (κ1) is 17.4. The number of rotatable bonds is 3. The Morgan fingerprint density at radius 3 is 2.65 bits per heavy atom. The van der Waals surface area contributed by atoms with Crippen LogP contribution in [0.1, 0.15) is 16.8 Å². The summed E-state index contributed by atoms with van der Waals surface area (Å²) >= 11 is 6.06. The molecule has 0 aromatic heterocycles. The Morgan fingerprint density at radius 2 is 2.13 bits per heavy atom. The summed E-state index contributed by atoms with van der Waals surface area (Å²) in [5.41, 5.74) is 0.582. The molecule has 1 heterocycles. The van der Waals surface area contributed by atoms with Gasteiger partial charge < -0.3 is 25.0 Å². The summed E-state index contributed by atoms with van der Waals surface area (Å²) in [5, 5.41) is 12.5. The summed E-state index contributed by atoms with van der Waals surface area (Å²) in [7, 11) is 4.66. The number of benzene rings is 1. The first-order chi connectivity index (χ1) is 10.8. The number of carbonyl (C=O) groups excluding carboxylic acids is 2. The van der Waals surface area contributed by atoms with Gasteiger partial charge in [-0.3, -0.25) is 4.79 Å². The Balaban J connectivity index is 2.30. The number of hydrogen-bond acceptors (Lipinski definition) is 4. The zero-order chi connectivity index (χ0) is 17.1. The summed E-state index contributed by atoms with van der Waals surface area (Å²) in [6, 6.07) is 2.65. The van der Waals surface area contributed by atoms with Crippen molar-refractivity contribution in [1.29, 1.82) is 0 Å². The van der Waals surface area contributed by atoms with Gasteiger partial charge in [-0.2, -0.15) is 0 Å². The summed E-state index contributed by atoms with van der Waals surface area (Å²) in [6.45, 7) is 0.748. The van der Waals surface area contributed by atoms with Crippen LogP contribution < -0.4 is 10.1 Å². The van der Waals surface area contributed by atoms with Crippen LogP contribution in [-0.2, 0) is 0 Å². The normalized spacial score (nSPS) is 17.1. The minimum Gasteiger partial charge on any atom is -0.494 e. The summed E-state index contributed by atoms with van der Waals surface area (Å²) in [4.78, 5) is 27.4. The van der Waals surface area contributed by atoms with Crippen molar-refractivity contribution in [2.45, 2.75) is 12.5 Å². The van der Waals surface area contributed by atoms with Crippen LogP contribution in [-0.4, -0.2) is 67.2 Å². The average Bonchev–Trinajstić information content (AvgIpc) is 2.92. The molecule has 8 heteroatoms. The molecule has 1 aliphatic heterocycles. The molecule has 1 atom stereocenters. The van der Waals surface area contributed by atoms with Gasteiger partial charge in [0.05, 0.1) is 24.5 Å². The number of urea groups is 1. The SMILES string of the molecule is COc1c(NC(=O)N2CC[C@H](O)C2)cc(Cl)cc1C(=O)N(C)C. The molecule has 126 valence electrons. The Morgan fingerprint density at radius 1 is 1.43 bits per heavy atom. The topological polar surface area (TPSA) is 82.1 Å². The van der Waals surface area contributed by atoms with Crippen LogP contribution >= 0.6 is 11.6 Å². The Labute approximate surface area is 139 Å². The van der Waals surface area contributed by atoms with Crippen molar-refractivity contribution in [2.75, 3.05) is 39.6 Å². The zero-order valence-electron chi connectivity index (χ0n) is 13.3. The number of nitrogens with zero attached hydrogens (tertiary/aromatic N) is 2. The Kier molecular flexibility index (Phi) is 5.33. The molecule has 0 spiro atoms. The highest BCUT2D eigenvalue weighted by atomic mass is 35.5. The van der Waals surface area contributed by atoms with Crippen molar-refractivity contribution in [3.05, 3.63) is 22.7 Å². The van der Waals surface area contributed by atoms with Gasteiger partial charge in [0.2, 0.25) is 0 Å². The van der Waals surface area contributed by atoms with Gasteiger partial charge in [0, 0.05) is 32.2 Å². The van der Waals surface area contributed by atoms with E-state index in [1.165, 1.54) is 29.0 Å². The van der Waals surface area contributed by atoms with Gasteiger partial charge in [0.1, 0.15) is 0 Å². The van der Waals surface area contributed by atoms with E-state index in [0.717, 1.165) is 0 Å². The fourth-order valence-electron chi connectivity index (χ4n) is 2.43. The Hall–Kier alpha value is -1.99. The van der Waals surface area contributed by atoms with E-state index < -0.39 is 6.10 Å². The van der Waals surface area contributed by atoms with Crippen molar-refractivity contribution < 1.29 is 19.4 Å². The molecular weight excluding hydrogens is 322 g/mol. The van der Waals surface area contributed by atoms with E-state index in [1.54, 1.807) is 14.1 Å². The summed E-state index contributed by atoms with van der Waals surface area (Å²) < 4.78 is 5.30. The largest absolute Gasteiger partial charge is 0.494 e. The van der Waals surface area contributed by atoms with Crippen LogP contribution in [0.15, 0.2) is 12.1 Å². The number of anilines is 1. The standard InChI is InChI=1S/C15H20ClN3O4/c1-18(2)14(21)11-6-9(16)7-12(13(11)23-3)17-15(22)19-5-4-10(20)8-19/h6-7,10,20H,4-5,8H2,1-3H3,(H,17,22)/t10-/m0/s1. The van der Waals surface area contributed by atoms with Gasteiger partial charge in [0.25, 0.3) is 5.91 Å². The molecule has 0 saturated carbocycles. The lowest BCUT2D eigenvalue weighted by molar-refractivity contribution is 0.0824. The smallest absolute Gasteiger partial charge is 0.322 e. The zero-order valence-corrected chi connectivity index (χ0v) is 14.1. The average molecular weight is 342 g/mol. The number of aliphatic hydroxyl groups is 1. The van der Waals surface area contributed by atoms with Gasteiger partial charge in [-0.15, -0.1) is 0 Å². The van der Waals surface area contributed by atoms with Gasteiger partial charge >= 0.3 is 6.03 Å². The molecular formula is C15H20ClN3O4. The predicted molar refractivity (Wildman–Crippen MR) is 87.2 cm³/mol. The number of halogens is 1. The lowest BCUT2D eigenvalue weighted by Gasteiger charge is -2.20. The van der Waals surface area contributed by atoms with Crippen LogP contribution in [0.2, 0.25) is 5.02 Å². The molecule has 0 radical (unpaired) electrons. The van der Waals surface area contributed by atoms with E-state index in [9.17, 15) is 14.7 Å². The maximum atomic E-state index is 12.3. The highest BCUT2D eigenvalue weighted by molar-refractivity contribution is 6.31. The number of aliphatic hydroxyl groups excluding tert-OH is 1. The van der Waals surface area contributed by atoms with Crippen molar-refractivity contribution in [3.63, 3.8) is 0 Å². The third-order valence-corrected chi connectivity index (χ3v) is 3.80. The minimum atomic E-state index is -0.507. The molecule has 7 nitrogen and oxygen atoms in total. The third kappa shape index (κ3) is 3.86. The van der Waals surface area contributed by atoms with Gasteiger partial charge in [-0.25, -0.2) is 4.79 Å². The second-order valence-corrected chi connectivity index (χ2v) is 5.99. The predicted octanol–water partition coefficient (Wildman–Crippen LogP) is 1.65. The molecule has 0 bridgehead atoms. The minimum absolute atomic E-state index is 0.251. The number of carbonyl (C=O) groups is 2. The van der Waals surface area contributed by atoms with Crippen LogP contribution in [0, 0.1) is 0 Å². The Bertz CT molecular complexity index is 621. The van der Waals surface area contributed by atoms with E-state index in [0.29, 0.717) is 23.7 Å². The van der Waals surface area contributed by atoms with E-state index in [-0.39, 0.29) is 29.8 Å². The van der Waals surface area contributed by atoms with Crippen molar-refractivity contribution in [1.82, 2.24) is 9.80 Å². The number of hydrogen-bond donors (Lipinski definition) is 2. The molecule has 1 aliphatic rings. The van der Waals surface area contributed by atoms with Crippen molar-refractivity contribution >= 4 is 29.2 Å². The summed E-state index contributed by atoms with van der Waals surface area (Å²) in [5.74, 6) is -0.0300. The number of β-amino-alcohol motifs (C(OH)–C–C–N with tert-alkyl or cyclic N) is 1. The quantitative estimate of drug-likeness (QED) is 0.875. The lowest BCUT2D eigenvalue weighted by atomic mass is 10.1. The van der Waals surface area contributed by atoms with E-state index in [1.807, 2.05) is 0 Å². The van der Waals surface area contributed by atoms with Crippen molar-refractivity contribution in [2.24, 2.45) is 0 Å². The monoisotopic (exact) mass is 341 g/mol. The first-order valence-electron chi connectivity index (χ1n) is 7.16. The van der Waals surface area contributed by atoms with Crippen LogP contribution in [0.25, 0.3) is 0 Å². The van der Waals surface area contributed by atoms with Crippen LogP contribution in [0.3, 0.4) is 0 Å². The number of amides is 3. The lowest BCUT2D eigenvalue weighted by Crippen LogP contribution is -2.34. The van der Waals surface area contributed by atoms with E-state index >= 15 is 0 Å². The van der Waals surface area contributed by atoms with Crippen molar-refractivity contribution in [3.8, 4) is 5.75 Å². The third-order valence-electron chi connectivity index (χ3n) is 3.59. The number of methoxy groups -OCH3 is 1. The highest BCUT2D eigenvalue weighted by Gasteiger charge is 2.26. The number of likely N-dealkylation sites (tertiary alicyclic amines) is 1. The fourth-order valence-corrected chi connectivity index (χ4v) is 2.64. The molecule has 1 saturated heterocycles. The molecule has 2 N–H and O–H groups in total. The first-order valence-corrected chi connectivity index (χ1v) is 7.54. The summed E-state index contributed by atoms with van der Waals surface area (Å²) in [6.07, 6.45) is 0.0395. The number of ether oxygens (including phenoxy) is 1. The molecule has 2 rings (SSSR count). The molecule has 1 aromatic carbocycles. The molecule has 23 heavy (non-hydrogen) atoms. The second kappa shape index (κ2) is 7.06. The van der Waals surface area contributed by atoms with E-state index in [2.05, 4.69) is 5.32 Å². The maximum Gasteiger partial charge on any atom is 0.322 e. The molecule has 1 fully saturated rings. The highest BCUT2D eigenvalue weighted by Crippen LogP contribution is 2.33. The molecule has 0 unspecified atom stereocenters.